The van der Waals surface area contributed by atoms with Gasteiger partial charge in [-0.05, 0) is 37.0 Å². The molecule has 0 saturated heterocycles. The number of carboxylic acid groups (broad SMARTS) is 1. The Balaban J connectivity index is 2.09. The van der Waals surface area contributed by atoms with Crippen LogP contribution in [0.2, 0.25) is 0 Å². The van der Waals surface area contributed by atoms with Gasteiger partial charge in [-0.25, -0.2) is 9.59 Å². The molecule has 1 saturated carbocycles. The van der Waals surface area contributed by atoms with Crippen molar-refractivity contribution in [1.82, 2.24) is 5.32 Å². The highest BCUT2D eigenvalue weighted by molar-refractivity contribution is 5.95. The van der Waals surface area contributed by atoms with Gasteiger partial charge in [0, 0.05) is 12.7 Å². The lowest BCUT2D eigenvalue weighted by Crippen LogP contribution is -2.55. The van der Waals surface area contributed by atoms with Gasteiger partial charge < -0.3 is 10.4 Å². The number of hydrogen-bond donors (Lipinski definition) is 2. The van der Waals surface area contributed by atoms with E-state index in [9.17, 15) is 14.7 Å². The molecule has 0 heterocycles. The van der Waals surface area contributed by atoms with Crippen LogP contribution in [0.25, 0.3) is 0 Å². The van der Waals surface area contributed by atoms with E-state index >= 15 is 0 Å². The lowest BCUT2D eigenvalue weighted by Gasteiger charge is -2.28. The molecule has 0 aromatic heterocycles. The number of urea groups is 1. The van der Waals surface area contributed by atoms with E-state index in [0.29, 0.717) is 12.8 Å². The molecule has 21 heavy (non-hydrogen) atoms. The first-order chi connectivity index (χ1) is 9.98. The highest BCUT2D eigenvalue weighted by atomic mass is 16.4. The Morgan fingerprint density at radius 1 is 1.24 bits per heavy atom. The molecule has 5 nitrogen and oxygen atoms in total. The Labute approximate surface area is 125 Å². The number of benzene rings is 1. The fourth-order valence-electron chi connectivity index (χ4n) is 2.73. The van der Waals surface area contributed by atoms with Crippen molar-refractivity contribution in [3.05, 3.63) is 29.8 Å². The monoisotopic (exact) mass is 290 g/mol. The lowest BCUT2D eigenvalue weighted by atomic mass is 9.98. The first-order valence-electron chi connectivity index (χ1n) is 7.37. The van der Waals surface area contributed by atoms with Gasteiger partial charge in [-0.3, -0.25) is 4.90 Å². The Kier molecular flexibility index (Phi) is 4.50. The summed E-state index contributed by atoms with van der Waals surface area (Å²) >= 11 is 0. The third-order valence-electron chi connectivity index (χ3n) is 4.25. The molecule has 1 fully saturated rings. The van der Waals surface area contributed by atoms with E-state index in [1.165, 1.54) is 10.5 Å². The molecule has 2 rings (SSSR count). The number of anilines is 1. The standard InChI is InChI=1S/C16H22N2O3/c1-3-12-6-8-13(9-7-12)18(2)15(21)17-16(14(19)20)10-4-5-11-16/h6-9H,3-5,10-11H2,1-2H3,(H,17,21)(H,19,20). The molecule has 0 aliphatic heterocycles. The Morgan fingerprint density at radius 3 is 2.29 bits per heavy atom. The molecule has 1 aliphatic carbocycles. The van der Waals surface area contributed by atoms with Crippen molar-refractivity contribution in [2.24, 2.45) is 0 Å². The molecule has 114 valence electrons. The first-order valence-corrected chi connectivity index (χ1v) is 7.37. The van der Waals surface area contributed by atoms with Gasteiger partial charge >= 0.3 is 12.0 Å². The van der Waals surface area contributed by atoms with Crippen LogP contribution in [-0.2, 0) is 11.2 Å². The van der Waals surface area contributed by atoms with Crippen molar-refractivity contribution in [2.45, 2.75) is 44.6 Å². The molecule has 0 bridgehead atoms. The third kappa shape index (κ3) is 3.17. The van der Waals surface area contributed by atoms with Gasteiger partial charge in [0.2, 0.25) is 0 Å². The number of nitrogens with zero attached hydrogens (tertiary/aromatic N) is 1. The lowest BCUT2D eigenvalue weighted by molar-refractivity contribution is -0.144. The largest absolute Gasteiger partial charge is 0.480 e. The Hall–Kier alpha value is -2.04. The van der Waals surface area contributed by atoms with Gasteiger partial charge in [-0.1, -0.05) is 31.9 Å². The predicted octanol–water partition coefficient (Wildman–Crippen LogP) is 2.79. The van der Waals surface area contributed by atoms with Crippen molar-refractivity contribution in [3.63, 3.8) is 0 Å². The van der Waals surface area contributed by atoms with E-state index in [1.807, 2.05) is 24.3 Å². The van der Waals surface area contributed by atoms with Crippen LogP contribution >= 0.6 is 0 Å². The van der Waals surface area contributed by atoms with E-state index in [2.05, 4.69) is 12.2 Å². The predicted molar refractivity (Wildman–Crippen MR) is 81.6 cm³/mol. The number of carboxylic acids is 1. The number of rotatable bonds is 4. The summed E-state index contributed by atoms with van der Waals surface area (Å²) in [6, 6.07) is 7.33. The number of aliphatic carboxylic acids is 1. The number of hydrogen-bond acceptors (Lipinski definition) is 2. The summed E-state index contributed by atoms with van der Waals surface area (Å²) in [5.41, 5.74) is 0.850. The molecule has 1 aromatic rings. The Bertz CT molecular complexity index is 519. The van der Waals surface area contributed by atoms with Gasteiger partial charge in [0.25, 0.3) is 0 Å². The van der Waals surface area contributed by atoms with Crippen molar-refractivity contribution >= 4 is 17.7 Å². The summed E-state index contributed by atoms with van der Waals surface area (Å²) < 4.78 is 0. The molecule has 1 aliphatic rings. The second-order valence-electron chi connectivity index (χ2n) is 5.60. The summed E-state index contributed by atoms with van der Waals surface area (Å²) in [6.07, 6.45) is 3.61. The summed E-state index contributed by atoms with van der Waals surface area (Å²) in [5, 5.41) is 12.1. The van der Waals surface area contributed by atoms with E-state index in [4.69, 9.17) is 0 Å². The maximum absolute atomic E-state index is 12.3. The molecular formula is C16H22N2O3. The topological polar surface area (TPSA) is 69.6 Å². The van der Waals surface area contributed by atoms with E-state index in [1.54, 1.807) is 7.05 Å². The average molecular weight is 290 g/mol. The van der Waals surface area contributed by atoms with Crippen molar-refractivity contribution in [1.29, 1.82) is 0 Å². The maximum Gasteiger partial charge on any atom is 0.329 e. The van der Waals surface area contributed by atoms with Crippen LogP contribution in [0.5, 0.6) is 0 Å². The highest BCUT2D eigenvalue weighted by Crippen LogP contribution is 2.30. The third-order valence-corrected chi connectivity index (χ3v) is 4.25. The van der Waals surface area contributed by atoms with Crippen LogP contribution < -0.4 is 10.2 Å². The molecule has 2 amide bonds. The minimum absolute atomic E-state index is 0.372. The minimum Gasteiger partial charge on any atom is -0.480 e. The quantitative estimate of drug-likeness (QED) is 0.896. The van der Waals surface area contributed by atoms with E-state index < -0.39 is 11.5 Å². The van der Waals surface area contributed by atoms with Gasteiger partial charge in [0.15, 0.2) is 0 Å². The van der Waals surface area contributed by atoms with Gasteiger partial charge in [-0.15, -0.1) is 0 Å². The van der Waals surface area contributed by atoms with Crippen LogP contribution in [0, 0.1) is 0 Å². The van der Waals surface area contributed by atoms with Gasteiger partial charge in [0.05, 0.1) is 0 Å². The number of amides is 2. The second kappa shape index (κ2) is 6.16. The molecule has 0 unspecified atom stereocenters. The van der Waals surface area contributed by atoms with Crippen LogP contribution in [-0.4, -0.2) is 29.7 Å². The van der Waals surface area contributed by atoms with Crippen LogP contribution in [0.3, 0.4) is 0 Å². The fourth-order valence-corrected chi connectivity index (χ4v) is 2.73. The molecule has 0 radical (unpaired) electrons. The number of nitrogens with one attached hydrogen (secondary N) is 1. The van der Waals surface area contributed by atoms with Crippen molar-refractivity contribution in [3.8, 4) is 0 Å². The normalized spacial score (nSPS) is 16.5. The zero-order valence-corrected chi connectivity index (χ0v) is 12.6. The molecular weight excluding hydrogens is 268 g/mol. The van der Waals surface area contributed by atoms with Gasteiger partial charge in [-0.2, -0.15) is 0 Å². The van der Waals surface area contributed by atoms with E-state index in [-0.39, 0.29) is 6.03 Å². The Morgan fingerprint density at radius 2 is 1.81 bits per heavy atom. The van der Waals surface area contributed by atoms with Crippen LogP contribution in [0.15, 0.2) is 24.3 Å². The molecule has 0 atom stereocenters. The van der Waals surface area contributed by atoms with Crippen molar-refractivity contribution in [2.75, 3.05) is 11.9 Å². The average Bonchev–Trinajstić information content (AvgIpc) is 2.96. The van der Waals surface area contributed by atoms with Crippen molar-refractivity contribution < 1.29 is 14.7 Å². The number of carbonyl (C=O) groups is 2. The fraction of sp³-hybridized carbons (Fsp3) is 0.500. The number of carbonyl (C=O) groups excluding carboxylic acids is 1. The van der Waals surface area contributed by atoms with Crippen LogP contribution in [0.4, 0.5) is 10.5 Å². The zero-order valence-electron chi connectivity index (χ0n) is 12.6. The molecule has 5 heteroatoms. The van der Waals surface area contributed by atoms with E-state index in [0.717, 1.165) is 24.9 Å². The second-order valence-corrected chi connectivity index (χ2v) is 5.60. The first kappa shape index (κ1) is 15.4. The summed E-state index contributed by atoms with van der Waals surface area (Å²) in [7, 11) is 1.65. The maximum atomic E-state index is 12.3. The summed E-state index contributed by atoms with van der Waals surface area (Å²) in [6.45, 7) is 2.07. The highest BCUT2D eigenvalue weighted by Gasteiger charge is 2.43. The van der Waals surface area contributed by atoms with Crippen LogP contribution in [0.1, 0.15) is 38.2 Å². The molecule has 1 aromatic carbocycles. The summed E-state index contributed by atoms with van der Waals surface area (Å²) in [5.74, 6) is -0.942. The smallest absolute Gasteiger partial charge is 0.329 e. The molecule has 2 N–H and O–H groups in total. The SMILES string of the molecule is CCc1ccc(N(C)C(=O)NC2(C(=O)O)CCCC2)cc1. The molecule has 0 spiro atoms. The minimum atomic E-state index is -1.10. The summed E-state index contributed by atoms with van der Waals surface area (Å²) in [4.78, 5) is 25.2. The number of aryl methyl sites for hydroxylation is 1. The zero-order chi connectivity index (χ0) is 15.5. The van der Waals surface area contributed by atoms with Gasteiger partial charge in [0.1, 0.15) is 5.54 Å².